The summed E-state index contributed by atoms with van der Waals surface area (Å²) in [6.07, 6.45) is 5.32. The van der Waals surface area contributed by atoms with E-state index >= 15 is 0 Å². The predicted octanol–water partition coefficient (Wildman–Crippen LogP) is 9.01. The molecule has 577 valence electrons. The van der Waals surface area contributed by atoms with Crippen LogP contribution in [0.15, 0.2) is 95.6 Å². The van der Waals surface area contributed by atoms with Gasteiger partial charge in [0.05, 0.1) is 81.0 Å². The van der Waals surface area contributed by atoms with Gasteiger partial charge >= 0.3 is 70.9 Å². The number of nitrogens with zero attached hydrogens (tertiary/aromatic N) is 8. The van der Waals surface area contributed by atoms with Gasteiger partial charge in [0.2, 0.25) is 17.3 Å². The monoisotopic (exact) mass is 2020 g/mol. The number of nitrogens with one attached hydrogen (secondary N) is 1. The first kappa shape index (κ1) is 122. The first-order chi connectivity index (χ1) is 45.4. The molecule has 0 aliphatic carbocycles. The molecular formula is C56H95BBr7Cl3FMgN11NaO17S3. The quantitative estimate of drug-likeness (QED) is 0.0122. The smallest absolute Gasteiger partial charge is 1.00 e. The van der Waals surface area contributed by atoms with Crippen molar-refractivity contribution in [2.45, 2.75) is 162 Å². The molecule has 0 unspecified atom stereocenters. The summed E-state index contributed by atoms with van der Waals surface area (Å²) >= 11 is 28.3. The number of carbonyl (C=O) groups excluding carboxylic acids is 3. The van der Waals surface area contributed by atoms with Crippen molar-refractivity contribution in [3.63, 3.8) is 0 Å². The number of aromatic nitrogens is 6. The van der Waals surface area contributed by atoms with Gasteiger partial charge in [-0.25, -0.2) is 22.4 Å². The number of aliphatic hydroxyl groups excluding tert-OH is 2. The summed E-state index contributed by atoms with van der Waals surface area (Å²) in [7, 11) is 0.309. The molecule has 1 saturated heterocycles. The van der Waals surface area contributed by atoms with Crippen LogP contribution in [0.4, 0.5) is 4.39 Å². The van der Waals surface area contributed by atoms with Crippen molar-refractivity contribution in [2.75, 3.05) is 54.1 Å². The maximum absolute atomic E-state index is 11.9. The molecule has 7 heterocycles. The van der Waals surface area contributed by atoms with Gasteiger partial charge in [-0.1, -0.05) is 58.6 Å². The fourth-order valence-corrected chi connectivity index (χ4v) is 7.92. The summed E-state index contributed by atoms with van der Waals surface area (Å²) < 4.78 is 97.6. The van der Waals surface area contributed by atoms with Gasteiger partial charge in [0.25, 0.3) is 0 Å². The summed E-state index contributed by atoms with van der Waals surface area (Å²) in [6, 6.07) is 9.67. The molecule has 3 radical (unpaired) electrons. The summed E-state index contributed by atoms with van der Waals surface area (Å²) in [4.78, 5) is 36.4. The fraction of sp³-hybridized carbons (Fsp3) is 0.589. The molecule has 0 saturated carbocycles. The van der Waals surface area contributed by atoms with Gasteiger partial charge in [-0.15, -0.1) is 35.6 Å². The van der Waals surface area contributed by atoms with Gasteiger partial charge in [-0.05, 0) is 190 Å². The number of ether oxygens (including phenoxy) is 2. The normalized spacial score (nSPS) is 12.1. The van der Waals surface area contributed by atoms with E-state index in [-0.39, 0.29) is 153 Å². The number of nitrogens with two attached hydrogens (primary N) is 2. The van der Waals surface area contributed by atoms with E-state index in [0.29, 0.717) is 63.5 Å². The van der Waals surface area contributed by atoms with Crippen LogP contribution < -0.4 is 66.9 Å². The number of alkyl halides is 3. The molecule has 1 aliphatic heterocycles. The van der Waals surface area contributed by atoms with Crippen LogP contribution in [0.1, 0.15) is 189 Å². The maximum Gasteiger partial charge on any atom is 2.00 e. The van der Waals surface area contributed by atoms with E-state index in [1.165, 1.54) is 39.1 Å². The minimum absolute atomic E-state index is 0. The Morgan fingerprint density at radius 1 is 0.733 bits per heavy atom. The van der Waals surface area contributed by atoms with Gasteiger partial charge in [0, 0.05) is 79.6 Å². The number of hydroxylamine groups is 2. The minimum atomic E-state index is -1.27. The van der Waals surface area contributed by atoms with Crippen LogP contribution in [0, 0.1) is 6.92 Å². The van der Waals surface area contributed by atoms with Crippen molar-refractivity contribution < 1.29 is 132 Å². The molecule has 1 amide bonds. The van der Waals surface area contributed by atoms with Crippen LogP contribution in [0.5, 0.6) is 5.95 Å². The number of carbonyl (C=O) groups is 3. The Morgan fingerprint density at radius 2 is 1.10 bits per heavy atom. The summed E-state index contributed by atoms with van der Waals surface area (Å²) in [5.74, 6) is 2.11. The van der Waals surface area contributed by atoms with Crippen LogP contribution >= 0.6 is 131 Å². The second-order valence-corrected chi connectivity index (χ2v) is 31.1. The first-order valence-electron chi connectivity index (χ1n) is 28.6. The van der Waals surface area contributed by atoms with Crippen LogP contribution in [0.25, 0.3) is 0 Å². The van der Waals surface area contributed by atoms with Crippen LogP contribution in [0.2, 0.25) is 0 Å². The second kappa shape index (κ2) is 75.1. The molecule has 1 aliphatic rings. The average Bonchev–Trinajstić information content (AvgIpc) is 1.24. The van der Waals surface area contributed by atoms with E-state index in [4.69, 9.17) is 64.0 Å². The molecule has 6 aromatic heterocycles. The van der Waals surface area contributed by atoms with E-state index in [1.54, 1.807) is 38.1 Å². The van der Waals surface area contributed by atoms with Crippen molar-refractivity contribution in [3.05, 3.63) is 99.7 Å². The zero-order valence-corrected chi connectivity index (χ0v) is 79.2. The SMILES string of the molecule is C1CCOC1.CC(C)(C)[S@](N)=O.CCC(=N[S@](=O)C(C)(C)C)c1cc(Br)no1.CCC(=O)c1cc(Br)no1.CC[C@H](N)c1cc(Br)no1.CC[C@H](N[S@](=O)C(C)(C)C)c1cc(Br)no1.CO.CO.CON(C)C(=O)c1cc(Br)no1.Cl.ClCCl.O=COc1cc(Br)no1.[2H]CF.[B].[Br-].[CH2-]C.[H-].[Mg+2].[Na+]. The van der Waals surface area contributed by atoms with E-state index in [2.05, 4.69) is 166 Å². The molecule has 5 atom stereocenters. The molecule has 7 rings (SSSR count). The number of hydrogen-bond donors (Lipinski definition) is 5. The Morgan fingerprint density at radius 3 is 1.37 bits per heavy atom. The molecule has 6 aromatic rings. The Labute approximate surface area is 721 Å². The predicted molar refractivity (Wildman–Crippen MR) is 415 cm³/mol. The number of aliphatic hydroxyl groups is 2. The summed E-state index contributed by atoms with van der Waals surface area (Å²) in [6.45, 7) is 31.9. The van der Waals surface area contributed by atoms with Gasteiger partial charge in [0.15, 0.2) is 21.9 Å². The fourth-order valence-electron chi connectivity index (χ4n) is 4.64. The Kier molecular flexibility index (Phi) is 90.5. The van der Waals surface area contributed by atoms with Crippen LogP contribution in [-0.2, 0) is 47.3 Å². The molecular weight excluding hydrogens is 1940 g/mol. The molecule has 0 aromatic carbocycles. The topological polar surface area (TPSA) is 406 Å². The van der Waals surface area contributed by atoms with Crippen LogP contribution in [-0.4, -0.2) is 183 Å². The van der Waals surface area contributed by atoms with Gasteiger partial charge in [-0.2, -0.15) is 11.3 Å². The third-order valence-corrected chi connectivity index (χ3v) is 16.1. The Bertz CT molecular complexity index is 3070. The molecule has 101 heavy (non-hydrogen) atoms. The first-order valence-corrected chi connectivity index (χ1v) is 37.1. The van der Waals surface area contributed by atoms with Gasteiger partial charge < -0.3 is 77.9 Å². The van der Waals surface area contributed by atoms with Crippen molar-refractivity contribution in [1.29, 1.82) is 0 Å². The van der Waals surface area contributed by atoms with Crippen molar-refractivity contribution in [3.8, 4) is 5.95 Å². The van der Waals surface area contributed by atoms with Crippen molar-refractivity contribution in [2.24, 2.45) is 15.3 Å². The Balaban J connectivity index is -0.0000000904. The van der Waals surface area contributed by atoms with E-state index in [1.807, 2.05) is 83.1 Å². The van der Waals surface area contributed by atoms with Crippen LogP contribution in [0.3, 0.4) is 0 Å². The van der Waals surface area contributed by atoms with Crippen molar-refractivity contribution in [1.82, 2.24) is 40.7 Å². The number of hydrogen-bond acceptors (Lipinski definition) is 24. The van der Waals surface area contributed by atoms with Gasteiger partial charge in [-0.3, -0.25) is 28.8 Å². The minimum Gasteiger partial charge on any atom is -1.00 e. The summed E-state index contributed by atoms with van der Waals surface area (Å²) in [5.41, 5.74) is 6.33. The van der Waals surface area contributed by atoms with E-state index in [0.717, 1.165) is 51.1 Å². The number of Topliss-reactive ketones (excluding diaryl/α,β-unsaturated/α-hetero) is 1. The molecule has 1 fully saturated rings. The molecule has 0 spiro atoms. The third-order valence-electron chi connectivity index (χ3n) is 9.56. The summed E-state index contributed by atoms with van der Waals surface area (Å²) in [5, 5.41) is 41.8. The number of rotatable bonds is 15. The Hall–Kier alpha value is -0.299. The maximum atomic E-state index is 11.9. The number of ketones is 1. The molecule has 28 nitrogen and oxygen atoms in total. The standard InChI is InChI=1S/C10H17BrN2O2S.C10H15BrN2O2S.C6H7BrN2O3.C6H9BrN2O.C6H6BrNO2.C4H2BrNO3.C4H11NOS.C4H8O.C2H5.CH2Cl2.CH3F.2CH4O.B.BrH.ClH.Mg.Na.H/c2*1-5-7(8-6-9(11)12-15-8)13-16(14)10(2,3)4;1-9(11-2)6(10)4-3-5(7)8-12-4;1-2-4(8)5-3-6(7)9-10-5;1-2-4(9)5-3-6(7)8-10-5;5-3-1-4(8-2-7)9-6-3;1-4(2,3)7(5)6;1-2-4-5-3-1;1-2;2-1-3;3*1-2;;;;;;/h6-7,13H,5H2,1-4H3;6H,5H2,1-4H3;3H,1-2H3;3-4H,2,8H2,1H3;3H,2H2,1H3;1-2H;5H2,1-3H3;1-4H2;1H2,2H3;1H2;1H3;2*2H,1H3;;2*1H;;;/q;;;;;;;;-1;;;;;;;;+2;+1;-1/p-1/t7-,16+;16-;;4-;;;7-;;;;;;;;;;;;/m01.0..1............/s1/i;;;;;;;;;;1D;;;;;;;;. The molecule has 7 N–H and O–H groups in total. The zero-order valence-electron chi connectivity index (χ0n) is 61.9. The zero-order chi connectivity index (χ0) is 76.7. The molecule has 45 heteroatoms. The van der Waals surface area contributed by atoms with E-state index < -0.39 is 40.1 Å². The third kappa shape index (κ3) is 64.3. The average molecular weight is 2030 g/mol. The molecule has 0 bridgehead atoms. The largest absolute Gasteiger partial charge is 2.00 e. The van der Waals surface area contributed by atoms with Gasteiger partial charge in [0.1, 0.15) is 34.0 Å². The second-order valence-electron chi connectivity index (χ2n) is 19.6. The van der Waals surface area contributed by atoms with E-state index in [9.17, 15) is 31.4 Å². The number of halogens is 11. The van der Waals surface area contributed by atoms with Crippen molar-refractivity contribution >= 4 is 219 Å². The number of amides is 1.